The highest BCUT2D eigenvalue weighted by molar-refractivity contribution is 5.95. The van der Waals surface area contributed by atoms with Crippen molar-refractivity contribution in [3.8, 4) is 0 Å². The van der Waals surface area contributed by atoms with Gasteiger partial charge in [-0.1, -0.05) is 24.3 Å². The molecule has 25 heavy (non-hydrogen) atoms. The monoisotopic (exact) mass is 333 g/mol. The first kappa shape index (κ1) is 15.6. The molecule has 0 radical (unpaired) electrons. The number of carbonyl (C=O) groups is 1. The van der Waals surface area contributed by atoms with Crippen molar-refractivity contribution in [3.05, 3.63) is 80.9 Å². The average Bonchev–Trinajstić information content (AvgIpc) is 2.61. The Labute approximate surface area is 145 Å². The Morgan fingerprint density at radius 1 is 1.08 bits per heavy atom. The highest BCUT2D eigenvalue weighted by atomic mass is 16.2. The zero-order valence-electron chi connectivity index (χ0n) is 14.3. The highest BCUT2D eigenvalue weighted by Crippen LogP contribution is 2.19. The number of rotatable bonds is 1. The lowest BCUT2D eigenvalue weighted by Crippen LogP contribution is -2.40. The molecule has 0 fully saturated rings. The molecule has 1 aliphatic heterocycles. The first-order valence-corrected chi connectivity index (χ1v) is 8.41. The lowest BCUT2D eigenvalue weighted by Gasteiger charge is -2.28. The third-order valence-corrected chi connectivity index (χ3v) is 4.85. The second kappa shape index (κ2) is 5.84. The molecule has 0 aliphatic carbocycles. The second-order valence-corrected chi connectivity index (χ2v) is 6.49. The normalized spacial score (nSPS) is 13.8. The molecule has 0 atom stereocenters. The van der Waals surface area contributed by atoms with E-state index < -0.39 is 0 Å². The summed E-state index contributed by atoms with van der Waals surface area (Å²) in [6.45, 7) is 4.71. The third kappa shape index (κ3) is 2.52. The largest absolute Gasteiger partial charge is 0.334 e. The number of nitrogens with zero attached hydrogens (tertiary/aromatic N) is 3. The molecule has 126 valence electrons. The van der Waals surface area contributed by atoms with Gasteiger partial charge in [-0.05, 0) is 37.6 Å². The van der Waals surface area contributed by atoms with Crippen LogP contribution in [0.5, 0.6) is 0 Å². The van der Waals surface area contributed by atoms with Crippen molar-refractivity contribution in [2.45, 2.75) is 26.8 Å². The molecule has 0 bridgehead atoms. The smallest absolute Gasteiger partial charge is 0.263 e. The Hall–Kier alpha value is -2.95. The number of carbonyl (C=O) groups excluding carboxylic acids is 1. The SMILES string of the molecule is Cc1ccccc1C(=O)N1CCc2nc3cccc(C)n3c(=O)c2C1. The van der Waals surface area contributed by atoms with Crippen molar-refractivity contribution in [2.75, 3.05) is 6.54 Å². The van der Waals surface area contributed by atoms with E-state index in [4.69, 9.17) is 0 Å². The first-order chi connectivity index (χ1) is 12.1. The summed E-state index contributed by atoms with van der Waals surface area (Å²) in [5.74, 6) is -0.0296. The van der Waals surface area contributed by atoms with Crippen molar-refractivity contribution >= 4 is 11.6 Å². The van der Waals surface area contributed by atoms with Gasteiger partial charge in [-0.25, -0.2) is 4.98 Å². The second-order valence-electron chi connectivity index (χ2n) is 6.49. The van der Waals surface area contributed by atoms with Crippen molar-refractivity contribution in [1.29, 1.82) is 0 Å². The van der Waals surface area contributed by atoms with Gasteiger partial charge in [0.2, 0.25) is 0 Å². The lowest BCUT2D eigenvalue weighted by atomic mass is 10.0. The first-order valence-electron chi connectivity index (χ1n) is 8.41. The molecule has 2 aromatic heterocycles. The number of amides is 1. The van der Waals surface area contributed by atoms with Crippen LogP contribution >= 0.6 is 0 Å². The molecular weight excluding hydrogens is 314 g/mol. The molecule has 0 N–H and O–H groups in total. The molecule has 5 heteroatoms. The fourth-order valence-corrected chi connectivity index (χ4v) is 3.45. The lowest BCUT2D eigenvalue weighted by molar-refractivity contribution is 0.0732. The predicted octanol–water partition coefficient (Wildman–Crippen LogP) is 2.51. The molecule has 0 spiro atoms. The van der Waals surface area contributed by atoms with Crippen molar-refractivity contribution in [1.82, 2.24) is 14.3 Å². The summed E-state index contributed by atoms with van der Waals surface area (Å²) in [7, 11) is 0. The summed E-state index contributed by atoms with van der Waals surface area (Å²) >= 11 is 0. The number of pyridine rings is 1. The third-order valence-electron chi connectivity index (χ3n) is 4.85. The van der Waals surface area contributed by atoms with Crippen LogP contribution in [0.2, 0.25) is 0 Å². The molecule has 4 rings (SSSR count). The quantitative estimate of drug-likeness (QED) is 0.687. The number of aryl methyl sites for hydroxylation is 2. The molecule has 1 amide bonds. The van der Waals surface area contributed by atoms with Gasteiger partial charge in [0, 0.05) is 24.2 Å². The van der Waals surface area contributed by atoms with Crippen LogP contribution in [0.15, 0.2) is 47.3 Å². The summed E-state index contributed by atoms with van der Waals surface area (Å²) in [5.41, 5.74) is 4.52. The summed E-state index contributed by atoms with van der Waals surface area (Å²) in [6, 6.07) is 13.2. The number of benzene rings is 1. The van der Waals surface area contributed by atoms with Crippen LogP contribution in [0, 0.1) is 13.8 Å². The Bertz CT molecular complexity index is 1050. The van der Waals surface area contributed by atoms with E-state index in [1.54, 1.807) is 9.30 Å². The van der Waals surface area contributed by atoms with Crippen LogP contribution in [0.4, 0.5) is 0 Å². The van der Waals surface area contributed by atoms with Gasteiger partial charge in [0.1, 0.15) is 5.65 Å². The molecule has 1 aliphatic rings. The maximum atomic E-state index is 13.0. The van der Waals surface area contributed by atoms with Crippen LogP contribution < -0.4 is 5.56 Å². The number of hydrogen-bond acceptors (Lipinski definition) is 3. The van der Waals surface area contributed by atoms with E-state index in [1.807, 2.05) is 56.3 Å². The van der Waals surface area contributed by atoms with Crippen molar-refractivity contribution in [2.24, 2.45) is 0 Å². The number of hydrogen-bond donors (Lipinski definition) is 0. The molecule has 0 saturated heterocycles. The fourth-order valence-electron chi connectivity index (χ4n) is 3.45. The summed E-state index contributed by atoms with van der Waals surface area (Å²) in [5, 5.41) is 0. The molecule has 3 heterocycles. The van der Waals surface area contributed by atoms with E-state index in [2.05, 4.69) is 4.98 Å². The maximum absolute atomic E-state index is 13.0. The van der Waals surface area contributed by atoms with E-state index in [1.165, 1.54) is 0 Å². The van der Waals surface area contributed by atoms with Crippen LogP contribution in [0.3, 0.4) is 0 Å². The van der Waals surface area contributed by atoms with Crippen LogP contribution in [-0.4, -0.2) is 26.7 Å². The molecular formula is C20H19N3O2. The van der Waals surface area contributed by atoms with Gasteiger partial charge in [0.05, 0.1) is 17.8 Å². The van der Waals surface area contributed by atoms with Crippen molar-refractivity contribution in [3.63, 3.8) is 0 Å². The predicted molar refractivity (Wildman–Crippen MR) is 95.8 cm³/mol. The Morgan fingerprint density at radius 3 is 2.68 bits per heavy atom. The Balaban J connectivity index is 1.76. The minimum atomic E-state index is -0.0691. The Kier molecular flexibility index (Phi) is 3.64. The molecule has 0 unspecified atom stereocenters. The minimum Gasteiger partial charge on any atom is -0.334 e. The number of aromatic nitrogens is 2. The van der Waals surface area contributed by atoms with E-state index in [-0.39, 0.29) is 11.5 Å². The van der Waals surface area contributed by atoms with Gasteiger partial charge in [-0.3, -0.25) is 14.0 Å². The van der Waals surface area contributed by atoms with E-state index in [0.29, 0.717) is 36.3 Å². The average molecular weight is 333 g/mol. The standard InChI is InChI=1S/C20H19N3O2/c1-13-6-3-4-8-15(13)19(24)22-11-10-17-16(12-22)20(25)23-14(2)7-5-9-18(23)21-17/h3-9H,10-12H2,1-2H3. The zero-order chi connectivity index (χ0) is 17.6. The van der Waals surface area contributed by atoms with Gasteiger partial charge in [0.25, 0.3) is 11.5 Å². The molecule has 3 aromatic rings. The van der Waals surface area contributed by atoms with Crippen LogP contribution in [0.25, 0.3) is 5.65 Å². The highest BCUT2D eigenvalue weighted by Gasteiger charge is 2.26. The topological polar surface area (TPSA) is 54.7 Å². The molecule has 0 saturated carbocycles. The van der Waals surface area contributed by atoms with E-state index >= 15 is 0 Å². The summed E-state index contributed by atoms with van der Waals surface area (Å²) < 4.78 is 1.63. The van der Waals surface area contributed by atoms with Gasteiger partial charge in [-0.15, -0.1) is 0 Å². The van der Waals surface area contributed by atoms with E-state index in [9.17, 15) is 9.59 Å². The summed E-state index contributed by atoms with van der Waals surface area (Å²) in [6.07, 6.45) is 0.604. The fraction of sp³-hybridized carbons (Fsp3) is 0.250. The molecule has 1 aromatic carbocycles. The van der Waals surface area contributed by atoms with Crippen molar-refractivity contribution < 1.29 is 4.79 Å². The van der Waals surface area contributed by atoms with Crippen LogP contribution in [0.1, 0.15) is 32.9 Å². The minimum absolute atomic E-state index is 0.0296. The maximum Gasteiger partial charge on any atom is 0.263 e. The Morgan fingerprint density at radius 2 is 1.88 bits per heavy atom. The summed E-state index contributed by atoms with van der Waals surface area (Å²) in [4.78, 5) is 32.2. The van der Waals surface area contributed by atoms with E-state index in [0.717, 1.165) is 17.0 Å². The zero-order valence-corrected chi connectivity index (χ0v) is 14.3. The number of fused-ring (bicyclic) bond motifs is 2. The van der Waals surface area contributed by atoms with Crippen LogP contribution in [-0.2, 0) is 13.0 Å². The van der Waals surface area contributed by atoms with Gasteiger partial charge >= 0.3 is 0 Å². The van der Waals surface area contributed by atoms with Gasteiger partial charge in [0.15, 0.2) is 0 Å². The van der Waals surface area contributed by atoms with Gasteiger partial charge < -0.3 is 4.90 Å². The molecule has 5 nitrogen and oxygen atoms in total. The van der Waals surface area contributed by atoms with Gasteiger partial charge in [-0.2, -0.15) is 0 Å².